The van der Waals surface area contributed by atoms with Gasteiger partial charge in [0.05, 0.1) is 34.9 Å². The smallest absolute Gasteiger partial charge is 0.142 e. The molecule has 0 bridgehead atoms. The van der Waals surface area contributed by atoms with Gasteiger partial charge < -0.3 is 24.4 Å². The number of rotatable bonds is 15. The summed E-state index contributed by atoms with van der Waals surface area (Å²) in [5.41, 5.74) is 6.33. The normalized spacial score (nSPS) is 19.8. The fourth-order valence-corrected chi connectivity index (χ4v) is 7.51. The van der Waals surface area contributed by atoms with Crippen LogP contribution in [0.1, 0.15) is 49.0 Å². The molecule has 2 N–H and O–H groups in total. The van der Waals surface area contributed by atoms with E-state index < -0.39 is 0 Å². The minimum absolute atomic E-state index is 0.163. The van der Waals surface area contributed by atoms with E-state index in [-0.39, 0.29) is 24.9 Å². The van der Waals surface area contributed by atoms with Crippen molar-refractivity contribution in [2.45, 2.75) is 57.5 Å². The van der Waals surface area contributed by atoms with Gasteiger partial charge in [0.25, 0.3) is 0 Å². The molecule has 3 aromatic rings. The predicted octanol–water partition coefficient (Wildman–Crippen LogP) is 7.17. The number of hydrogen-bond acceptors (Lipinski definition) is 9. The Morgan fingerprint density at radius 1 is 1.00 bits per heavy atom. The molecule has 0 spiro atoms. The van der Waals surface area contributed by atoms with Crippen molar-refractivity contribution in [2.75, 3.05) is 45.9 Å². The van der Waals surface area contributed by atoms with E-state index in [1.54, 1.807) is 19.2 Å². The van der Waals surface area contributed by atoms with Crippen molar-refractivity contribution in [3.8, 4) is 34.4 Å². The molecular weight excluding hydrogens is 687 g/mol. The molecule has 2 heterocycles. The van der Waals surface area contributed by atoms with Gasteiger partial charge in [-0.1, -0.05) is 53.5 Å². The molecule has 268 valence electrons. The highest BCUT2D eigenvalue weighted by Crippen LogP contribution is 2.45. The number of nitrogens with zero attached hydrogens (tertiary/aromatic N) is 4. The largest absolute Gasteiger partial charge is 0.492 e. The molecule has 2 fully saturated rings. The summed E-state index contributed by atoms with van der Waals surface area (Å²) >= 11 is 13.9. The number of ether oxygens (including phenoxy) is 3. The van der Waals surface area contributed by atoms with Crippen molar-refractivity contribution >= 4 is 29.9 Å². The maximum absolute atomic E-state index is 10.1. The van der Waals surface area contributed by atoms with E-state index in [4.69, 9.17) is 37.4 Å². The van der Waals surface area contributed by atoms with Crippen LogP contribution in [0.3, 0.4) is 0 Å². The summed E-state index contributed by atoms with van der Waals surface area (Å²) in [6, 6.07) is 18.0. The van der Waals surface area contributed by atoms with Crippen LogP contribution in [0.4, 0.5) is 0 Å². The molecule has 2 atom stereocenters. The van der Waals surface area contributed by atoms with Gasteiger partial charge in [0.15, 0.2) is 0 Å². The van der Waals surface area contributed by atoms with Crippen molar-refractivity contribution in [3.63, 3.8) is 0 Å². The molecule has 11 heteroatoms. The summed E-state index contributed by atoms with van der Waals surface area (Å²) in [7, 11) is 0. The maximum Gasteiger partial charge on any atom is 0.142 e. The summed E-state index contributed by atoms with van der Waals surface area (Å²) in [5.74, 6) is 1.77. The molecule has 0 amide bonds. The topological polar surface area (TPSA) is 111 Å². The summed E-state index contributed by atoms with van der Waals surface area (Å²) in [6.45, 7) is 10.2. The highest BCUT2D eigenvalue weighted by Gasteiger charge is 2.29. The zero-order valence-corrected chi connectivity index (χ0v) is 30.4. The third kappa shape index (κ3) is 9.14. The Labute approximate surface area is 310 Å². The molecule has 2 saturated heterocycles. The molecule has 51 heavy (non-hydrogen) atoms. The second-order valence-electron chi connectivity index (χ2n) is 13.4. The summed E-state index contributed by atoms with van der Waals surface area (Å²) in [5, 5.41) is 30.0. The maximum atomic E-state index is 10.1. The molecule has 9 nitrogen and oxygen atoms in total. The number of fused-ring (bicyclic) bond motifs is 1. The zero-order valence-electron chi connectivity index (χ0n) is 28.9. The second-order valence-corrected chi connectivity index (χ2v) is 14.2. The number of aliphatic hydroxyl groups is 2. The summed E-state index contributed by atoms with van der Waals surface area (Å²) in [4.78, 5) is 8.27. The summed E-state index contributed by atoms with van der Waals surface area (Å²) in [6.07, 6.45) is 5.66. The monoisotopic (exact) mass is 730 g/mol. The zero-order chi connectivity index (χ0) is 35.9. The first-order valence-corrected chi connectivity index (χ1v) is 18.2. The Bertz CT molecular complexity index is 1830. The van der Waals surface area contributed by atoms with Gasteiger partial charge in [0.2, 0.25) is 0 Å². The number of aliphatic hydroxyl groups excluding tert-OH is 2. The average molecular weight is 732 g/mol. The number of nitriles is 1. The van der Waals surface area contributed by atoms with E-state index >= 15 is 0 Å². The third-order valence-electron chi connectivity index (χ3n) is 9.54. The fourth-order valence-electron chi connectivity index (χ4n) is 7.00. The van der Waals surface area contributed by atoms with E-state index in [1.807, 2.05) is 36.4 Å². The first kappa shape index (κ1) is 36.9. The average Bonchev–Trinajstić information content (AvgIpc) is 3.72. The predicted molar refractivity (Wildman–Crippen MR) is 201 cm³/mol. The van der Waals surface area contributed by atoms with Gasteiger partial charge in [0.1, 0.15) is 30.0 Å². The van der Waals surface area contributed by atoms with Crippen LogP contribution in [0.25, 0.3) is 11.1 Å². The number of benzene rings is 3. The number of β-amino-alcohol motifs (C(OH)–C–C–N with tert-alkyl or cyclic N) is 2. The standard InChI is InChI=1S/C40H44Cl2N4O5/c1-26(19-43)16-27(20-44-2)25-50-38-18-39(35(41)17-28(38)21-46-14-12-29(47)22-46)51-36-11-10-32-31(6-3-7-33(32)36)34-8-4-9-37(40(34)42)49-15-5-13-45-23-30(48)24-45/h3-4,6-9,16-18,20,29-30,36,47-48H,2,5,10-15,21-25H2,1H3/b26-16+,27-20+/t29-,36+/m1/s1. The van der Waals surface area contributed by atoms with Gasteiger partial charge in [-0.15, -0.1) is 0 Å². The Hall–Kier alpha value is -3.88. The summed E-state index contributed by atoms with van der Waals surface area (Å²) < 4.78 is 19.1. The fraction of sp³-hybridized carbons (Fsp3) is 0.400. The van der Waals surface area contributed by atoms with Gasteiger partial charge in [-0.3, -0.25) is 14.8 Å². The minimum Gasteiger partial charge on any atom is -0.492 e. The lowest BCUT2D eigenvalue weighted by Crippen LogP contribution is -2.50. The Kier molecular flexibility index (Phi) is 12.4. The third-order valence-corrected chi connectivity index (χ3v) is 10.2. The van der Waals surface area contributed by atoms with Crippen LogP contribution >= 0.6 is 23.2 Å². The van der Waals surface area contributed by atoms with Crippen LogP contribution in [0.15, 0.2) is 76.9 Å². The molecule has 2 aliphatic heterocycles. The van der Waals surface area contributed by atoms with E-state index in [9.17, 15) is 15.5 Å². The Morgan fingerprint density at radius 2 is 1.78 bits per heavy atom. The van der Waals surface area contributed by atoms with Crippen molar-refractivity contribution < 1.29 is 24.4 Å². The van der Waals surface area contributed by atoms with Crippen LogP contribution in [0.2, 0.25) is 10.0 Å². The van der Waals surface area contributed by atoms with E-state index in [1.165, 1.54) is 5.56 Å². The van der Waals surface area contributed by atoms with Crippen molar-refractivity contribution in [1.82, 2.24) is 9.80 Å². The number of aliphatic imine (C=N–C) groups is 1. The molecule has 0 saturated carbocycles. The molecule has 6 rings (SSSR count). The van der Waals surface area contributed by atoms with Crippen LogP contribution in [-0.2, 0) is 13.0 Å². The Morgan fingerprint density at radius 3 is 2.53 bits per heavy atom. The quantitative estimate of drug-likeness (QED) is 0.0733. The number of hydrogen-bond donors (Lipinski definition) is 2. The molecular formula is C40H44Cl2N4O5. The van der Waals surface area contributed by atoms with Crippen molar-refractivity contribution in [1.29, 1.82) is 5.26 Å². The molecule has 0 aromatic heterocycles. The van der Waals surface area contributed by atoms with Gasteiger partial charge in [-0.2, -0.15) is 5.26 Å². The highest BCUT2D eigenvalue weighted by atomic mass is 35.5. The lowest BCUT2D eigenvalue weighted by molar-refractivity contribution is 0.0000497. The number of allylic oxidation sites excluding steroid dienone is 1. The molecule has 3 aliphatic rings. The molecule has 0 unspecified atom stereocenters. The van der Waals surface area contributed by atoms with Gasteiger partial charge >= 0.3 is 0 Å². The van der Waals surface area contributed by atoms with Gasteiger partial charge in [0, 0.05) is 73.8 Å². The molecule has 3 aromatic carbocycles. The molecule has 0 radical (unpaired) electrons. The first-order valence-electron chi connectivity index (χ1n) is 17.4. The van der Waals surface area contributed by atoms with Crippen molar-refractivity contribution in [3.05, 3.63) is 98.7 Å². The molecule has 1 aliphatic carbocycles. The van der Waals surface area contributed by atoms with Crippen LogP contribution in [0.5, 0.6) is 17.2 Å². The van der Waals surface area contributed by atoms with Gasteiger partial charge in [-0.25, -0.2) is 0 Å². The number of likely N-dealkylation sites (tertiary alicyclic amines) is 2. The van der Waals surface area contributed by atoms with Crippen LogP contribution in [-0.4, -0.2) is 84.9 Å². The van der Waals surface area contributed by atoms with Crippen molar-refractivity contribution in [2.24, 2.45) is 4.99 Å². The minimum atomic E-state index is -0.353. The lowest BCUT2D eigenvalue weighted by Gasteiger charge is -2.35. The van der Waals surface area contributed by atoms with E-state index in [0.29, 0.717) is 58.1 Å². The SMILES string of the molecule is C=N/C=C(\C=C(/C)C#N)COc1cc(O[C@H]2CCc3c(-c4cccc(OCCCN5CC(O)C5)c4Cl)cccc32)c(Cl)cc1CN1CC[C@@H](O)C1. The lowest BCUT2D eigenvalue weighted by atomic mass is 9.96. The highest BCUT2D eigenvalue weighted by molar-refractivity contribution is 6.35. The number of halogens is 2. The first-order chi connectivity index (χ1) is 24.7. The van der Waals surface area contributed by atoms with E-state index in [0.717, 1.165) is 74.1 Å². The van der Waals surface area contributed by atoms with E-state index in [2.05, 4.69) is 39.7 Å². The second kappa shape index (κ2) is 17.1. The van der Waals surface area contributed by atoms with Gasteiger partial charge in [-0.05, 0) is 74.2 Å². The van der Waals surface area contributed by atoms with Crippen LogP contribution in [0, 0.1) is 11.3 Å². The Balaban J connectivity index is 1.21. The van der Waals surface area contributed by atoms with Crippen LogP contribution < -0.4 is 14.2 Å².